The molecule has 18 heavy (non-hydrogen) atoms. The molecule has 5 heteroatoms. The maximum atomic E-state index is 11.5. The zero-order valence-corrected chi connectivity index (χ0v) is 10.4. The molecule has 0 aliphatic carbocycles. The van der Waals surface area contributed by atoms with Crippen LogP contribution in [0.2, 0.25) is 0 Å². The third-order valence-corrected chi connectivity index (χ3v) is 2.47. The van der Waals surface area contributed by atoms with Gasteiger partial charge in [-0.3, -0.25) is 9.59 Å². The highest BCUT2D eigenvalue weighted by Crippen LogP contribution is 2.08. The largest absolute Gasteiger partial charge is 0.345 e. The number of nitrogens with one attached hydrogen (secondary N) is 2. The van der Waals surface area contributed by atoms with Gasteiger partial charge in [-0.15, -0.1) is 0 Å². The van der Waals surface area contributed by atoms with E-state index in [0.717, 1.165) is 6.42 Å². The average molecular weight is 245 g/mol. The van der Waals surface area contributed by atoms with Crippen LogP contribution in [0, 0.1) is 11.3 Å². The first-order chi connectivity index (χ1) is 8.56. The number of carbonyl (C=O) groups is 2. The van der Waals surface area contributed by atoms with Crippen molar-refractivity contribution in [2.24, 2.45) is 0 Å². The van der Waals surface area contributed by atoms with Crippen molar-refractivity contribution in [3.63, 3.8) is 0 Å². The van der Waals surface area contributed by atoms with Crippen LogP contribution in [0.3, 0.4) is 0 Å². The van der Waals surface area contributed by atoms with Gasteiger partial charge in [-0.2, -0.15) is 5.26 Å². The molecule has 0 heterocycles. The van der Waals surface area contributed by atoms with Crippen LogP contribution in [-0.4, -0.2) is 17.9 Å². The number of hydrogen-bond donors (Lipinski definition) is 2. The van der Waals surface area contributed by atoms with Gasteiger partial charge >= 0.3 is 11.8 Å². The quantitative estimate of drug-likeness (QED) is 0.790. The van der Waals surface area contributed by atoms with Crippen LogP contribution >= 0.6 is 0 Å². The third-order valence-electron chi connectivity index (χ3n) is 2.47. The molecule has 0 spiro atoms. The van der Waals surface area contributed by atoms with E-state index in [4.69, 9.17) is 5.26 Å². The van der Waals surface area contributed by atoms with Crippen molar-refractivity contribution in [3.05, 3.63) is 29.8 Å². The monoisotopic (exact) mass is 245 g/mol. The smallest absolute Gasteiger partial charge is 0.313 e. The summed E-state index contributed by atoms with van der Waals surface area (Å²) in [4.78, 5) is 23.0. The second-order valence-electron chi connectivity index (χ2n) is 3.93. The number of hydrogen-bond acceptors (Lipinski definition) is 3. The molecule has 0 saturated carbocycles. The lowest BCUT2D eigenvalue weighted by molar-refractivity contribution is -0.136. The van der Waals surface area contributed by atoms with Gasteiger partial charge in [0.1, 0.15) is 0 Å². The Morgan fingerprint density at radius 2 is 1.89 bits per heavy atom. The predicted octanol–water partition coefficient (Wildman–Crippen LogP) is 1.41. The van der Waals surface area contributed by atoms with Crippen molar-refractivity contribution < 1.29 is 9.59 Å². The molecule has 0 saturated heterocycles. The van der Waals surface area contributed by atoms with Gasteiger partial charge in [0.2, 0.25) is 0 Å². The molecular formula is C13H15N3O2. The van der Waals surface area contributed by atoms with E-state index in [1.165, 1.54) is 0 Å². The van der Waals surface area contributed by atoms with Crippen molar-refractivity contribution in [2.75, 3.05) is 5.32 Å². The van der Waals surface area contributed by atoms with E-state index in [9.17, 15) is 9.59 Å². The number of benzene rings is 1. The van der Waals surface area contributed by atoms with E-state index in [0.29, 0.717) is 11.3 Å². The highest BCUT2D eigenvalue weighted by atomic mass is 16.2. The Labute approximate surface area is 106 Å². The Balaban J connectivity index is 2.58. The molecule has 0 aliphatic rings. The van der Waals surface area contributed by atoms with E-state index in [1.54, 1.807) is 24.3 Å². The normalized spacial score (nSPS) is 11.2. The third kappa shape index (κ3) is 3.91. The first kappa shape index (κ1) is 13.7. The van der Waals surface area contributed by atoms with Crippen LogP contribution < -0.4 is 10.6 Å². The van der Waals surface area contributed by atoms with Crippen LogP contribution in [0.25, 0.3) is 0 Å². The molecule has 0 fully saturated rings. The highest BCUT2D eigenvalue weighted by molar-refractivity contribution is 6.39. The molecule has 2 N–H and O–H groups in total. The SMILES string of the molecule is CCC(C)NC(=O)C(=O)Nc1ccc(C#N)cc1. The van der Waals surface area contributed by atoms with Gasteiger partial charge in [0, 0.05) is 11.7 Å². The Hall–Kier alpha value is -2.35. The van der Waals surface area contributed by atoms with Gasteiger partial charge in [0.05, 0.1) is 11.6 Å². The summed E-state index contributed by atoms with van der Waals surface area (Å²) in [6.45, 7) is 3.75. The summed E-state index contributed by atoms with van der Waals surface area (Å²) in [5, 5.41) is 13.7. The van der Waals surface area contributed by atoms with E-state index in [1.807, 2.05) is 19.9 Å². The lowest BCUT2D eigenvalue weighted by Crippen LogP contribution is -2.40. The minimum Gasteiger partial charge on any atom is -0.345 e. The van der Waals surface area contributed by atoms with Crippen LogP contribution in [-0.2, 0) is 9.59 Å². The summed E-state index contributed by atoms with van der Waals surface area (Å²) in [6, 6.07) is 8.23. The van der Waals surface area contributed by atoms with Crippen molar-refractivity contribution in [1.82, 2.24) is 5.32 Å². The maximum Gasteiger partial charge on any atom is 0.313 e. The number of nitriles is 1. The van der Waals surface area contributed by atoms with Crippen molar-refractivity contribution in [3.8, 4) is 6.07 Å². The second-order valence-corrected chi connectivity index (χ2v) is 3.93. The van der Waals surface area contributed by atoms with E-state index < -0.39 is 11.8 Å². The molecule has 2 amide bonds. The van der Waals surface area contributed by atoms with Gasteiger partial charge in [0.15, 0.2) is 0 Å². The van der Waals surface area contributed by atoms with Gasteiger partial charge in [-0.25, -0.2) is 0 Å². The molecule has 1 rings (SSSR count). The van der Waals surface area contributed by atoms with Crippen LogP contribution in [0.15, 0.2) is 24.3 Å². The fourth-order valence-corrected chi connectivity index (χ4v) is 1.21. The minimum atomic E-state index is -0.708. The summed E-state index contributed by atoms with van der Waals surface area (Å²) in [7, 11) is 0. The number of anilines is 1. The molecule has 1 unspecified atom stereocenters. The Morgan fingerprint density at radius 1 is 1.28 bits per heavy atom. The molecule has 94 valence electrons. The molecular weight excluding hydrogens is 230 g/mol. The minimum absolute atomic E-state index is 0.0378. The molecule has 5 nitrogen and oxygen atoms in total. The lowest BCUT2D eigenvalue weighted by Gasteiger charge is -2.11. The summed E-state index contributed by atoms with van der Waals surface area (Å²) < 4.78 is 0. The van der Waals surface area contributed by atoms with Crippen LogP contribution in [0.5, 0.6) is 0 Å². The van der Waals surface area contributed by atoms with Crippen molar-refractivity contribution in [1.29, 1.82) is 5.26 Å². The summed E-state index contributed by atoms with van der Waals surface area (Å²) >= 11 is 0. The number of rotatable bonds is 3. The van der Waals surface area contributed by atoms with Crippen LogP contribution in [0.4, 0.5) is 5.69 Å². The first-order valence-electron chi connectivity index (χ1n) is 5.68. The van der Waals surface area contributed by atoms with Gasteiger partial charge in [-0.1, -0.05) is 6.92 Å². The molecule has 0 aliphatic heterocycles. The Morgan fingerprint density at radius 3 is 2.39 bits per heavy atom. The maximum absolute atomic E-state index is 11.5. The summed E-state index contributed by atoms with van der Waals surface area (Å²) in [5.41, 5.74) is 0.982. The fourth-order valence-electron chi connectivity index (χ4n) is 1.21. The fraction of sp³-hybridized carbons (Fsp3) is 0.308. The second kappa shape index (κ2) is 6.40. The van der Waals surface area contributed by atoms with Crippen molar-refractivity contribution in [2.45, 2.75) is 26.3 Å². The van der Waals surface area contributed by atoms with Gasteiger partial charge in [-0.05, 0) is 37.6 Å². The first-order valence-corrected chi connectivity index (χ1v) is 5.68. The van der Waals surface area contributed by atoms with Crippen LogP contribution in [0.1, 0.15) is 25.8 Å². The lowest BCUT2D eigenvalue weighted by atomic mass is 10.2. The zero-order chi connectivity index (χ0) is 13.5. The molecule has 0 aromatic heterocycles. The summed E-state index contributed by atoms with van der Waals surface area (Å²) in [6.07, 6.45) is 0.760. The molecule has 1 aromatic carbocycles. The average Bonchev–Trinajstić information content (AvgIpc) is 2.39. The molecule has 1 aromatic rings. The summed E-state index contributed by atoms with van der Waals surface area (Å²) in [5.74, 6) is -1.37. The van der Waals surface area contributed by atoms with Gasteiger partial charge < -0.3 is 10.6 Å². The highest BCUT2D eigenvalue weighted by Gasteiger charge is 2.15. The van der Waals surface area contributed by atoms with E-state index in [2.05, 4.69) is 10.6 Å². The predicted molar refractivity (Wildman–Crippen MR) is 67.7 cm³/mol. The number of nitrogens with zero attached hydrogens (tertiary/aromatic N) is 1. The van der Waals surface area contributed by atoms with Gasteiger partial charge in [0.25, 0.3) is 0 Å². The topological polar surface area (TPSA) is 82.0 Å². The zero-order valence-electron chi connectivity index (χ0n) is 10.4. The molecule has 0 radical (unpaired) electrons. The molecule has 0 bridgehead atoms. The molecule has 1 atom stereocenters. The Bertz CT molecular complexity index is 474. The standard InChI is InChI=1S/C13H15N3O2/c1-3-9(2)15-12(17)13(18)16-11-6-4-10(8-14)5-7-11/h4-7,9H,3H2,1-2H3,(H,15,17)(H,16,18). The number of amides is 2. The number of carbonyl (C=O) groups excluding carboxylic acids is 2. The Kier molecular flexibility index (Phi) is 4.88. The van der Waals surface area contributed by atoms with E-state index in [-0.39, 0.29) is 6.04 Å². The van der Waals surface area contributed by atoms with E-state index >= 15 is 0 Å². The van der Waals surface area contributed by atoms with Crippen molar-refractivity contribution >= 4 is 17.5 Å².